The van der Waals surface area contributed by atoms with Gasteiger partial charge in [-0.25, -0.2) is 0 Å². The average Bonchev–Trinajstić information content (AvgIpc) is 2.46. The van der Waals surface area contributed by atoms with Crippen molar-refractivity contribution in [3.8, 4) is 0 Å². The second-order valence-corrected chi connectivity index (χ2v) is 5.90. The van der Waals surface area contributed by atoms with Crippen molar-refractivity contribution in [3.63, 3.8) is 0 Å². The highest BCUT2D eigenvalue weighted by atomic mass is 35.5. The third-order valence-corrected chi connectivity index (χ3v) is 4.13. The summed E-state index contributed by atoms with van der Waals surface area (Å²) in [4.78, 5) is 2.53. The molecule has 0 bridgehead atoms. The van der Waals surface area contributed by atoms with Gasteiger partial charge in [0, 0.05) is 6.54 Å². The number of unbranched alkanes of at least 4 members (excludes halogenated alkanes) is 1. The first-order valence-corrected chi connectivity index (χ1v) is 7.78. The molecule has 20 heavy (non-hydrogen) atoms. The van der Waals surface area contributed by atoms with Crippen LogP contribution in [0.2, 0.25) is 0 Å². The Balaban J connectivity index is 0.00000200. The molecule has 1 aliphatic rings. The minimum absolute atomic E-state index is 0. The average molecular weight is 297 g/mol. The van der Waals surface area contributed by atoms with Crippen molar-refractivity contribution >= 4 is 12.4 Å². The molecule has 1 N–H and O–H groups in total. The van der Waals surface area contributed by atoms with Crippen LogP contribution in [0.15, 0.2) is 30.3 Å². The summed E-state index contributed by atoms with van der Waals surface area (Å²) in [7, 11) is 2.28. The summed E-state index contributed by atoms with van der Waals surface area (Å²) in [6.07, 6.45) is 6.56. The highest BCUT2D eigenvalue weighted by Gasteiger charge is 2.14. The monoisotopic (exact) mass is 296 g/mol. The van der Waals surface area contributed by atoms with E-state index in [-0.39, 0.29) is 12.4 Å². The molecule has 0 saturated carbocycles. The van der Waals surface area contributed by atoms with Gasteiger partial charge in [0.15, 0.2) is 0 Å². The van der Waals surface area contributed by atoms with Crippen LogP contribution >= 0.6 is 12.4 Å². The summed E-state index contributed by atoms with van der Waals surface area (Å²) in [6.45, 7) is 4.96. The molecule has 0 unspecified atom stereocenters. The van der Waals surface area contributed by atoms with Crippen LogP contribution in [-0.2, 0) is 6.42 Å². The summed E-state index contributed by atoms with van der Waals surface area (Å²) >= 11 is 0. The fourth-order valence-corrected chi connectivity index (χ4v) is 2.95. The van der Waals surface area contributed by atoms with Crippen molar-refractivity contribution in [1.29, 1.82) is 0 Å². The molecule has 1 heterocycles. The molecule has 0 spiro atoms. The van der Waals surface area contributed by atoms with Crippen LogP contribution in [0.25, 0.3) is 0 Å². The first-order valence-electron chi connectivity index (χ1n) is 7.78. The lowest BCUT2D eigenvalue weighted by atomic mass is 9.97. The Morgan fingerprint density at radius 1 is 1.10 bits per heavy atom. The molecular formula is C17H29ClN2. The largest absolute Gasteiger partial charge is 0.317 e. The van der Waals surface area contributed by atoms with Gasteiger partial charge in [0.05, 0.1) is 0 Å². The number of hydrogen-bond acceptors (Lipinski definition) is 2. The standard InChI is InChI=1S/C17H28N2.ClH/c1-19(15-17-10-12-18-13-11-17)14-6-5-9-16-7-3-2-4-8-16;/h2-4,7-8,17-18H,5-6,9-15H2,1H3;1H. The summed E-state index contributed by atoms with van der Waals surface area (Å²) in [5.74, 6) is 0.917. The van der Waals surface area contributed by atoms with E-state index in [1.165, 1.54) is 63.8 Å². The molecule has 2 nitrogen and oxygen atoms in total. The van der Waals surface area contributed by atoms with E-state index in [0.717, 1.165) is 5.92 Å². The quantitative estimate of drug-likeness (QED) is 0.776. The second kappa shape index (κ2) is 10.2. The van der Waals surface area contributed by atoms with E-state index < -0.39 is 0 Å². The van der Waals surface area contributed by atoms with Crippen LogP contribution < -0.4 is 5.32 Å². The van der Waals surface area contributed by atoms with E-state index in [1.807, 2.05) is 0 Å². The van der Waals surface area contributed by atoms with Crippen LogP contribution in [-0.4, -0.2) is 38.1 Å². The van der Waals surface area contributed by atoms with Crippen molar-refractivity contribution in [2.45, 2.75) is 32.1 Å². The van der Waals surface area contributed by atoms with Crippen LogP contribution in [0, 0.1) is 5.92 Å². The Hall–Kier alpha value is -0.570. The van der Waals surface area contributed by atoms with Crippen molar-refractivity contribution < 1.29 is 0 Å². The highest BCUT2D eigenvalue weighted by molar-refractivity contribution is 5.85. The maximum atomic E-state index is 3.44. The topological polar surface area (TPSA) is 15.3 Å². The fourth-order valence-electron chi connectivity index (χ4n) is 2.95. The Bertz CT molecular complexity index is 336. The van der Waals surface area contributed by atoms with Gasteiger partial charge in [-0.05, 0) is 70.3 Å². The Morgan fingerprint density at radius 2 is 1.80 bits per heavy atom. The SMILES string of the molecule is CN(CCCCc1ccccc1)CC1CCNCC1.Cl. The molecule has 1 fully saturated rings. The van der Waals surface area contributed by atoms with Gasteiger partial charge in [-0.15, -0.1) is 12.4 Å². The normalized spacial score (nSPS) is 16.1. The molecule has 0 amide bonds. The van der Waals surface area contributed by atoms with Crippen molar-refractivity contribution in [2.75, 3.05) is 33.2 Å². The van der Waals surface area contributed by atoms with Crippen LogP contribution in [0.1, 0.15) is 31.2 Å². The first kappa shape index (κ1) is 17.5. The summed E-state index contributed by atoms with van der Waals surface area (Å²) in [5.41, 5.74) is 1.48. The molecule has 1 saturated heterocycles. The van der Waals surface area contributed by atoms with E-state index in [4.69, 9.17) is 0 Å². The lowest BCUT2D eigenvalue weighted by molar-refractivity contribution is 0.237. The molecular weight excluding hydrogens is 268 g/mol. The van der Waals surface area contributed by atoms with Gasteiger partial charge >= 0.3 is 0 Å². The minimum atomic E-state index is 0. The maximum Gasteiger partial charge on any atom is 0.000755 e. The van der Waals surface area contributed by atoms with Gasteiger partial charge in [-0.1, -0.05) is 30.3 Å². The fraction of sp³-hybridized carbons (Fsp3) is 0.647. The molecule has 0 atom stereocenters. The zero-order chi connectivity index (χ0) is 13.3. The van der Waals surface area contributed by atoms with Crippen molar-refractivity contribution in [3.05, 3.63) is 35.9 Å². The molecule has 0 aliphatic carbocycles. The van der Waals surface area contributed by atoms with E-state index >= 15 is 0 Å². The number of nitrogens with one attached hydrogen (secondary N) is 1. The zero-order valence-electron chi connectivity index (χ0n) is 12.7. The number of halogens is 1. The molecule has 1 aromatic carbocycles. The number of piperidine rings is 1. The van der Waals surface area contributed by atoms with Crippen LogP contribution in [0.5, 0.6) is 0 Å². The number of benzene rings is 1. The van der Waals surface area contributed by atoms with Gasteiger partial charge in [-0.2, -0.15) is 0 Å². The maximum absolute atomic E-state index is 3.44. The van der Waals surface area contributed by atoms with Gasteiger partial charge in [0.1, 0.15) is 0 Å². The third kappa shape index (κ3) is 6.74. The van der Waals surface area contributed by atoms with Crippen LogP contribution in [0.4, 0.5) is 0 Å². The number of aryl methyl sites for hydroxylation is 1. The predicted molar refractivity (Wildman–Crippen MR) is 89.7 cm³/mol. The van der Waals surface area contributed by atoms with E-state index in [0.29, 0.717) is 0 Å². The Kier molecular flexibility index (Phi) is 8.92. The molecule has 114 valence electrons. The smallest absolute Gasteiger partial charge is 0.000755 e. The third-order valence-electron chi connectivity index (χ3n) is 4.13. The summed E-state index contributed by atoms with van der Waals surface area (Å²) in [5, 5.41) is 3.44. The summed E-state index contributed by atoms with van der Waals surface area (Å²) < 4.78 is 0. The van der Waals surface area contributed by atoms with Gasteiger partial charge < -0.3 is 10.2 Å². The Labute approximate surface area is 130 Å². The molecule has 1 aromatic rings. The van der Waals surface area contributed by atoms with Crippen LogP contribution in [0.3, 0.4) is 0 Å². The minimum Gasteiger partial charge on any atom is -0.317 e. The molecule has 0 aromatic heterocycles. The highest BCUT2D eigenvalue weighted by Crippen LogP contribution is 2.13. The van der Waals surface area contributed by atoms with Crippen molar-refractivity contribution in [2.24, 2.45) is 5.92 Å². The molecule has 2 rings (SSSR count). The number of hydrogen-bond donors (Lipinski definition) is 1. The van der Waals surface area contributed by atoms with Gasteiger partial charge in [0.25, 0.3) is 0 Å². The Morgan fingerprint density at radius 3 is 2.50 bits per heavy atom. The lowest BCUT2D eigenvalue weighted by Crippen LogP contribution is -2.34. The second-order valence-electron chi connectivity index (χ2n) is 5.90. The van der Waals surface area contributed by atoms with Gasteiger partial charge in [-0.3, -0.25) is 0 Å². The predicted octanol–water partition coefficient (Wildman–Crippen LogP) is 3.36. The van der Waals surface area contributed by atoms with E-state index in [2.05, 4.69) is 47.6 Å². The first-order chi connectivity index (χ1) is 9.34. The molecule has 3 heteroatoms. The number of nitrogens with zero attached hydrogens (tertiary/aromatic N) is 1. The zero-order valence-corrected chi connectivity index (χ0v) is 13.5. The van der Waals surface area contributed by atoms with Crippen molar-refractivity contribution in [1.82, 2.24) is 10.2 Å². The van der Waals surface area contributed by atoms with E-state index in [1.54, 1.807) is 0 Å². The number of rotatable bonds is 7. The molecule has 0 radical (unpaired) electrons. The van der Waals surface area contributed by atoms with E-state index in [9.17, 15) is 0 Å². The lowest BCUT2D eigenvalue weighted by Gasteiger charge is -2.27. The van der Waals surface area contributed by atoms with Gasteiger partial charge in [0.2, 0.25) is 0 Å². The summed E-state index contributed by atoms with van der Waals surface area (Å²) in [6, 6.07) is 10.8. The molecule has 1 aliphatic heterocycles.